The number of benzene rings is 2. The molecule has 6 rings (SSSR count). The van der Waals surface area contributed by atoms with Crippen molar-refractivity contribution >= 4 is 23.1 Å². The lowest BCUT2D eigenvalue weighted by Crippen LogP contribution is -2.35. The molecule has 1 saturated heterocycles. The Morgan fingerprint density at radius 3 is 2.62 bits per heavy atom. The van der Waals surface area contributed by atoms with Gasteiger partial charge in [0.15, 0.2) is 23.2 Å². The molecule has 37 heavy (non-hydrogen) atoms. The van der Waals surface area contributed by atoms with Crippen LogP contribution >= 0.6 is 0 Å². The molecule has 3 aliphatic rings. The fourth-order valence-corrected chi connectivity index (χ4v) is 5.21. The molecule has 0 radical (unpaired) electrons. The average Bonchev–Trinajstić information content (AvgIpc) is 3.55. The van der Waals surface area contributed by atoms with Gasteiger partial charge in [-0.3, -0.25) is 4.79 Å². The second-order valence-electron chi connectivity index (χ2n) is 9.48. The number of piperidine rings is 1. The second kappa shape index (κ2) is 9.20. The number of aromatic nitrogens is 2. The van der Waals surface area contributed by atoms with Gasteiger partial charge in [0.1, 0.15) is 5.82 Å². The minimum atomic E-state index is -4.55. The van der Waals surface area contributed by atoms with Crippen molar-refractivity contribution in [2.75, 3.05) is 35.4 Å². The third kappa shape index (κ3) is 4.54. The first-order valence-corrected chi connectivity index (χ1v) is 12.3. The topological polar surface area (TPSA) is 80.7 Å². The zero-order valence-corrected chi connectivity index (χ0v) is 19.9. The standard InChI is InChI=1S/C26H26F3N5O3/c27-26(28,29)23-13-18(16-8-9-21-22(12-16)37-15-36-21)30-24-14-19(32-34(23)24)25(35)31-17-6-2-3-7-20(17)33-10-4-1-5-11-33/h2-3,6-9,12,14,18,23,30H,1,4-5,10-11,13,15H2,(H,31,35)/t18-,23-/m1/s1. The van der Waals surface area contributed by atoms with Gasteiger partial charge in [-0.1, -0.05) is 18.2 Å². The molecule has 1 fully saturated rings. The maximum Gasteiger partial charge on any atom is 0.410 e. The van der Waals surface area contributed by atoms with Crippen LogP contribution in [0.3, 0.4) is 0 Å². The van der Waals surface area contributed by atoms with Crippen LogP contribution in [0, 0.1) is 0 Å². The molecule has 3 aliphatic heterocycles. The van der Waals surface area contributed by atoms with Crippen LogP contribution in [0.1, 0.15) is 53.8 Å². The summed E-state index contributed by atoms with van der Waals surface area (Å²) in [5.74, 6) is 0.620. The third-order valence-electron chi connectivity index (χ3n) is 7.07. The van der Waals surface area contributed by atoms with E-state index in [9.17, 15) is 18.0 Å². The summed E-state index contributed by atoms with van der Waals surface area (Å²) in [6, 6.07) is 11.4. The van der Waals surface area contributed by atoms with Crippen molar-refractivity contribution in [3.8, 4) is 11.5 Å². The van der Waals surface area contributed by atoms with E-state index in [-0.39, 0.29) is 24.7 Å². The van der Waals surface area contributed by atoms with E-state index in [4.69, 9.17) is 9.47 Å². The number of amides is 1. The molecule has 2 N–H and O–H groups in total. The van der Waals surface area contributed by atoms with Gasteiger partial charge in [-0.2, -0.15) is 18.3 Å². The van der Waals surface area contributed by atoms with E-state index >= 15 is 0 Å². The van der Waals surface area contributed by atoms with Crippen molar-refractivity contribution < 1.29 is 27.4 Å². The van der Waals surface area contributed by atoms with Crippen molar-refractivity contribution in [1.29, 1.82) is 0 Å². The number of hydrogen-bond acceptors (Lipinski definition) is 6. The predicted molar refractivity (Wildman–Crippen MR) is 131 cm³/mol. The van der Waals surface area contributed by atoms with Crippen LogP contribution in [0.25, 0.3) is 0 Å². The van der Waals surface area contributed by atoms with Crippen LogP contribution in [0.15, 0.2) is 48.5 Å². The van der Waals surface area contributed by atoms with Gasteiger partial charge in [0.05, 0.1) is 17.4 Å². The Morgan fingerprint density at radius 2 is 1.81 bits per heavy atom. The zero-order chi connectivity index (χ0) is 25.6. The van der Waals surface area contributed by atoms with Gasteiger partial charge in [0.25, 0.3) is 5.91 Å². The molecule has 8 nitrogen and oxygen atoms in total. The Labute approximate surface area is 211 Å². The summed E-state index contributed by atoms with van der Waals surface area (Å²) in [6.45, 7) is 1.86. The average molecular weight is 514 g/mol. The maximum atomic E-state index is 14.1. The number of rotatable bonds is 4. The molecular weight excluding hydrogens is 487 g/mol. The van der Waals surface area contributed by atoms with Crippen LogP contribution in [0.2, 0.25) is 0 Å². The first-order chi connectivity index (χ1) is 17.9. The summed E-state index contributed by atoms with van der Waals surface area (Å²) >= 11 is 0. The molecule has 2 aromatic carbocycles. The molecule has 0 spiro atoms. The Morgan fingerprint density at radius 1 is 1.03 bits per heavy atom. The minimum Gasteiger partial charge on any atom is -0.454 e. The van der Waals surface area contributed by atoms with Crippen LogP contribution in [0.5, 0.6) is 11.5 Å². The maximum absolute atomic E-state index is 14.1. The van der Waals surface area contributed by atoms with E-state index in [1.807, 2.05) is 18.2 Å². The van der Waals surface area contributed by atoms with Gasteiger partial charge in [-0.25, -0.2) is 4.68 Å². The highest BCUT2D eigenvalue weighted by Gasteiger charge is 2.47. The molecular formula is C26H26F3N5O3. The number of anilines is 3. The summed E-state index contributed by atoms with van der Waals surface area (Å²) in [4.78, 5) is 15.4. The second-order valence-corrected chi connectivity index (χ2v) is 9.48. The number of para-hydroxylation sites is 2. The smallest absolute Gasteiger partial charge is 0.410 e. The monoisotopic (exact) mass is 513 g/mol. The Kier molecular flexibility index (Phi) is 5.85. The van der Waals surface area contributed by atoms with E-state index in [1.54, 1.807) is 24.3 Å². The van der Waals surface area contributed by atoms with Crippen LogP contribution in [-0.2, 0) is 0 Å². The van der Waals surface area contributed by atoms with Gasteiger partial charge in [0.2, 0.25) is 6.79 Å². The lowest BCUT2D eigenvalue weighted by atomic mass is 9.96. The summed E-state index contributed by atoms with van der Waals surface area (Å²) in [7, 11) is 0. The van der Waals surface area contributed by atoms with E-state index in [0.717, 1.165) is 36.3 Å². The quantitative estimate of drug-likeness (QED) is 0.479. The van der Waals surface area contributed by atoms with Crippen LogP contribution < -0.4 is 25.0 Å². The number of alkyl halides is 3. The van der Waals surface area contributed by atoms with Crippen molar-refractivity contribution in [3.05, 3.63) is 59.8 Å². The van der Waals surface area contributed by atoms with Gasteiger partial charge in [-0.05, 0) is 49.1 Å². The molecule has 194 valence electrons. The van der Waals surface area contributed by atoms with Crippen molar-refractivity contribution in [2.45, 2.75) is 43.9 Å². The van der Waals surface area contributed by atoms with E-state index in [1.165, 1.54) is 12.5 Å². The van der Waals surface area contributed by atoms with Crippen molar-refractivity contribution in [2.24, 2.45) is 0 Å². The van der Waals surface area contributed by atoms with Gasteiger partial charge in [-0.15, -0.1) is 0 Å². The highest BCUT2D eigenvalue weighted by Crippen LogP contribution is 2.45. The molecule has 0 bridgehead atoms. The Bertz CT molecular complexity index is 1320. The van der Waals surface area contributed by atoms with Crippen molar-refractivity contribution in [1.82, 2.24) is 9.78 Å². The largest absolute Gasteiger partial charge is 0.454 e. The van der Waals surface area contributed by atoms with Gasteiger partial charge in [0, 0.05) is 25.6 Å². The summed E-state index contributed by atoms with van der Waals surface area (Å²) in [5.41, 5.74) is 2.05. The zero-order valence-electron chi connectivity index (χ0n) is 19.9. The number of ether oxygens (including phenoxy) is 2. The van der Waals surface area contributed by atoms with E-state index < -0.39 is 24.2 Å². The molecule has 0 aliphatic carbocycles. The Hall–Kier alpha value is -3.89. The predicted octanol–water partition coefficient (Wildman–Crippen LogP) is 5.51. The first-order valence-electron chi connectivity index (χ1n) is 12.3. The van der Waals surface area contributed by atoms with E-state index in [2.05, 4.69) is 20.6 Å². The number of halogens is 3. The highest BCUT2D eigenvalue weighted by molar-refractivity contribution is 6.05. The molecule has 4 heterocycles. The normalized spacial score (nSPS) is 20.8. The number of carbonyl (C=O) groups is 1. The fraction of sp³-hybridized carbons (Fsp3) is 0.385. The Balaban J connectivity index is 1.27. The molecule has 11 heteroatoms. The lowest BCUT2D eigenvalue weighted by molar-refractivity contribution is -0.173. The lowest BCUT2D eigenvalue weighted by Gasteiger charge is -2.33. The number of nitrogens with zero attached hydrogens (tertiary/aromatic N) is 3. The van der Waals surface area contributed by atoms with Gasteiger partial charge < -0.3 is 25.0 Å². The summed E-state index contributed by atoms with van der Waals surface area (Å²) < 4.78 is 53.9. The van der Waals surface area contributed by atoms with Crippen LogP contribution in [0.4, 0.5) is 30.4 Å². The molecule has 0 saturated carbocycles. The first kappa shape index (κ1) is 23.5. The number of fused-ring (bicyclic) bond motifs is 2. The number of carbonyl (C=O) groups excluding carboxylic acids is 1. The van der Waals surface area contributed by atoms with Gasteiger partial charge >= 0.3 is 6.18 Å². The third-order valence-corrected chi connectivity index (χ3v) is 7.07. The summed E-state index contributed by atoms with van der Waals surface area (Å²) in [5, 5.41) is 10.1. The number of nitrogens with one attached hydrogen (secondary N) is 2. The molecule has 1 amide bonds. The SMILES string of the molecule is O=C(Nc1ccccc1N1CCCCC1)c1cc2n(n1)[C@@H](C(F)(F)F)C[C@H](c1ccc3c(c1)OCO3)N2. The number of hydrogen-bond donors (Lipinski definition) is 2. The molecule has 2 atom stereocenters. The molecule has 0 unspecified atom stereocenters. The van der Waals surface area contributed by atoms with Crippen LogP contribution in [-0.4, -0.2) is 41.7 Å². The minimum absolute atomic E-state index is 0.0776. The summed E-state index contributed by atoms with van der Waals surface area (Å²) in [6.07, 6.45) is -1.51. The van der Waals surface area contributed by atoms with E-state index in [0.29, 0.717) is 22.7 Å². The molecule has 1 aromatic heterocycles. The van der Waals surface area contributed by atoms with Crippen molar-refractivity contribution in [3.63, 3.8) is 0 Å². The molecule has 3 aromatic rings. The highest BCUT2D eigenvalue weighted by atomic mass is 19.4. The fourth-order valence-electron chi connectivity index (χ4n) is 5.21.